The van der Waals surface area contributed by atoms with Crippen molar-refractivity contribution in [3.8, 4) is 11.1 Å². The molecule has 0 radical (unpaired) electrons. The second-order valence-electron chi connectivity index (χ2n) is 18.1. The Labute approximate surface area is 359 Å². The second kappa shape index (κ2) is 16.2. The van der Waals surface area contributed by atoms with Crippen molar-refractivity contribution >= 4 is 40.8 Å². The minimum atomic E-state index is -2.66. The Hall–Kier alpha value is -5.64. The van der Waals surface area contributed by atoms with Crippen molar-refractivity contribution in [1.82, 2.24) is 39.6 Å². The Kier molecular flexibility index (Phi) is 10.6. The van der Waals surface area contributed by atoms with E-state index in [0.717, 1.165) is 105 Å². The van der Waals surface area contributed by atoms with Crippen molar-refractivity contribution in [3.05, 3.63) is 76.2 Å². The maximum absolute atomic E-state index is 14.7. The number of carbonyl (C=O) groups excluding carboxylic acids is 4. The maximum Gasteiger partial charge on any atom is 0.264 e. The number of carbonyl (C=O) groups is 4. The van der Waals surface area contributed by atoms with Gasteiger partial charge in [0.1, 0.15) is 6.04 Å². The van der Waals surface area contributed by atoms with Crippen molar-refractivity contribution in [2.45, 2.75) is 96.3 Å². The van der Waals surface area contributed by atoms with Crippen LogP contribution in [-0.4, -0.2) is 110 Å². The summed E-state index contributed by atoms with van der Waals surface area (Å²) < 4.78 is 33.4. The highest BCUT2D eigenvalue weighted by molar-refractivity contribution is 6.05. The van der Waals surface area contributed by atoms with Gasteiger partial charge in [-0.2, -0.15) is 10.2 Å². The second-order valence-corrected chi connectivity index (χ2v) is 18.1. The summed E-state index contributed by atoms with van der Waals surface area (Å²) in [5, 5.41) is 12.0. The van der Waals surface area contributed by atoms with E-state index in [4.69, 9.17) is 5.10 Å². The first-order valence-electron chi connectivity index (χ1n) is 22.3. The van der Waals surface area contributed by atoms with E-state index in [0.29, 0.717) is 61.6 Å². The van der Waals surface area contributed by atoms with Gasteiger partial charge in [-0.15, -0.1) is 0 Å². The van der Waals surface area contributed by atoms with Crippen LogP contribution in [0.2, 0.25) is 0 Å². The van der Waals surface area contributed by atoms with Crippen LogP contribution in [0.5, 0.6) is 0 Å². The van der Waals surface area contributed by atoms with Crippen LogP contribution < -0.4 is 15.1 Å². The molecule has 14 nitrogen and oxygen atoms in total. The third-order valence-electron chi connectivity index (χ3n) is 14.3. The smallest absolute Gasteiger partial charge is 0.264 e. The average molecular weight is 849 g/mol. The Morgan fingerprint density at radius 2 is 1.69 bits per heavy atom. The Morgan fingerprint density at radius 1 is 0.887 bits per heavy atom. The monoisotopic (exact) mass is 848 g/mol. The van der Waals surface area contributed by atoms with E-state index in [9.17, 15) is 28.0 Å². The number of hydrogen-bond donors (Lipinski definition) is 1. The summed E-state index contributed by atoms with van der Waals surface area (Å²) in [6.45, 7) is 8.49. The lowest BCUT2D eigenvalue weighted by molar-refractivity contribution is -0.137. The third kappa shape index (κ3) is 7.43. The molecule has 5 aliphatic heterocycles. The standard InChI is InChI=1S/C46H54F2N10O4/c1-28(59)55-15-13-39-38(27-55)44(56-14-3-4-30-21-36(32-23-49-52(2)25-32)37(43(47)48)22-41(30)56)51-58(39)33-7-5-29(6-8-33)24-53-16-18-54(19-17-53)34-9-10-35-31(20-34)26-57(46(35)62)40-11-12-42(60)50-45(40)61/h9-10,20-23,25,29,33,40,43H,3-8,11-19,24,26-27H2,1-2H3,(H,50,60,61)/t29?,33?,40-/m1/s1. The molecular weight excluding hydrogens is 795 g/mol. The van der Waals surface area contributed by atoms with Gasteiger partial charge in [-0.1, -0.05) is 0 Å². The van der Waals surface area contributed by atoms with Gasteiger partial charge in [-0.05, 0) is 97.9 Å². The molecule has 0 unspecified atom stereocenters. The Bertz CT molecular complexity index is 2430. The summed E-state index contributed by atoms with van der Waals surface area (Å²) in [5.74, 6) is 0.568. The maximum atomic E-state index is 14.7. The molecule has 1 N–H and O–H groups in total. The lowest BCUT2D eigenvalue weighted by Gasteiger charge is -2.39. The van der Waals surface area contributed by atoms with Gasteiger partial charge in [0.15, 0.2) is 5.82 Å². The van der Waals surface area contributed by atoms with Crippen LogP contribution in [0.4, 0.5) is 26.0 Å². The Balaban J connectivity index is 0.800. The first-order valence-corrected chi connectivity index (χ1v) is 22.3. The summed E-state index contributed by atoms with van der Waals surface area (Å²) in [7, 11) is 1.79. The van der Waals surface area contributed by atoms with Gasteiger partial charge in [-0.3, -0.25) is 38.8 Å². The van der Waals surface area contributed by atoms with Crippen molar-refractivity contribution in [2.75, 3.05) is 55.6 Å². The number of benzene rings is 2. The predicted molar refractivity (Wildman–Crippen MR) is 228 cm³/mol. The molecular formula is C46H54F2N10O4. The molecule has 2 aromatic carbocycles. The average Bonchev–Trinajstić information content (AvgIpc) is 3.98. The number of piperazine rings is 1. The zero-order valence-corrected chi connectivity index (χ0v) is 35.5. The molecule has 10 rings (SSSR count). The molecule has 2 aromatic heterocycles. The molecule has 1 aliphatic carbocycles. The molecule has 2 saturated heterocycles. The minimum Gasteiger partial charge on any atom is -0.369 e. The first-order chi connectivity index (χ1) is 30.0. The zero-order valence-electron chi connectivity index (χ0n) is 35.5. The van der Waals surface area contributed by atoms with Gasteiger partial charge in [0.05, 0.1) is 18.8 Å². The summed E-state index contributed by atoms with van der Waals surface area (Å²) in [4.78, 5) is 60.7. The van der Waals surface area contributed by atoms with Crippen LogP contribution in [0.1, 0.15) is 103 Å². The molecule has 1 atom stereocenters. The van der Waals surface area contributed by atoms with Gasteiger partial charge in [0.25, 0.3) is 12.3 Å². The fourth-order valence-electron chi connectivity index (χ4n) is 11.0. The highest BCUT2D eigenvalue weighted by Crippen LogP contribution is 2.44. The minimum absolute atomic E-state index is 0.0111. The van der Waals surface area contributed by atoms with Gasteiger partial charge >= 0.3 is 0 Å². The number of piperidine rings is 1. The van der Waals surface area contributed by atoms with Crippen molar-refractivity contribution in [3.63, 3.8) is 0 Å². The SMILES string of the molecule is CC(=O)N1CCc2c(c(N3CCCc4cc(-c5cnn(C)c5)c(C(F)F)cc43)nn2C2CCC(CN3CCN(c4ccc5c(c4)CN([C@@H]4CCC(=O)NC4=O)C5=O)CC3)CC2)C1. The number of amides is 4. The number of nitrogens with zero attached hydrogens (tertiary/aromatic N) is 9. The van der Waals surface area contributed by atoms with E-state index in [1.807, 2.05) is 23.1 Å². The number of alkyl halides is 2. The first kappa shape index (κ1) is 40.4. The number of imide groups is 1. The lowest BCUT2D eigenvalue weighted by atomic mass is 9.85. The van der Waals surface area contributed by atoms with E-state index in [1.54, 1.807) is 42.0 Å². The van der Waals surface area contributed by atoms with Crippen LogP contribution in [0.25, 0.3) is 11.1 Å². The van der Waals surface area contributed by atoms with Crippen LogP contribution in [-0.2, 0) is 47.4 Å². The molecule has 62 heavy (non-hydrogen) atoms. The van der Waals surface area contributed by atoms with Gasteiger partial charge in [0.2, 0.25) is 17.7 Å². The van der Waals surface area contributed by atoms with Crippen molar-refractivity contribution in [2.24, 2.45) is 13.0 Å². The highest BCUT2D eigenvalue weighted by Gasteiger charge is 2.40. The summed E-state index contributed by atoms with van der Waals surface area (Å²) in [5.41, 5.74) is 7.84. The van der Waals surface area contributed by atoms with Gasteiger partial charge in [0, 0.05) is 125 Å². The van der Waals surface area contributed by atoms with Crippen molar-refractivity contribution < 1.29 is 28.0 Å². The third-order valence-corrected chi connectivity index (χ3v) is 14.3. The van der Waals surface area contributed by atoms with Crippen LogP contribution in [0.3, 0.4) is 0 Å². The number of nitrogens with one attached hydrogen (secondary N) is 1. The van der Waals surface area contributed by atoms with E-state index in [-0.39, 0.29) is 35.7 Å². The molecule has 0 spiro atoms. The molecule has 326 valence electrons. The van der Waals surface area contributed by atoms with Crippen LogP contribution >= 0.6 is 0 Å². The number of halogens is 2. The highest BCUT2D eigenvalue weighted by atomic mass is 19.3. The van der Waals surface area contributed by atoms with Crippen LogP contribution in [0, 0.1) is 5.92 Å². The lowest BCUT2D eigenvalue weighted by Crippen LogP contribution is -2.52. The number of hydrogen-bond acceptors (Lipinski definition) is 9. The number of aromatic nitrogens is 4. The summed E-state index contributed by atoms with van der Waals surface area (Å²) in [6, 6.07) is 9.20. The summed E-state index contributed by atoms with van der Waals surface area (Å²) >= 11 is 0. The number of anilines is 3. The summed E-state index contributed by atoms with van der Waals surface area (Å²) in [6.07, 6.45) is 7.94. The molecule has 16 heteroatoms. The quantitative estimate of drug-likeness (QED) is 0.228. The van der Waals surface area contributed by atoms with Gasteiger partial charge < -0.3 is 19.6 Å². The van der Waals surface area contributed by atoms with E-state index < -0.39 is 18.4 Å². The molecule has 0 bridgehead atoms. The molecule has 7 heterocycles. The largest absolute Gasteiger partial charge is 0.369 e. The number of rotatable bonds is 8. The fourth-order valence-corrected chi connectivity index (χ4v) is 11.0. The molecule has 4 aromatic rings. The van der Waals surface area contributed by atoms with E-state index in [1.165, 1.54) is 5.69 Å². The predicted octanol–water partition coefficient (Wildman–Crippen LogP) is 5.52. The Morgan fingerprint density at radius 3 is 2.42 bits per heavy atom. The van der Waals surface area contributed by atoms with Crippen molar-refractivity contribution in [1.29, 1.82) is 0 Å². The zero-order chi connectivity index (χ0) is 42.8. The van der Waals surface area contributed by atoms with Crippen LogP contribution in [0.15, 0.2) is 42.7 Å². The number of aryl methyl sites for hydroxylation is 2. The molecule has 3 fully saturated rings. The topological polar surface area (TPSA) is 132 Å². The fraction of sp³-hybridized carbons (Fsp3) is 0.522. The number of fused-ring (bicyclic) bond motifs is 3. The molecule has 6 aliphatic rings. The normalized spacial score (nSPS) is 23.2. The molecule has 4 amide bonds. The van der Waals surface area contributed by atoms with Gasteiger partial charge in [-0.25, -0.2) is 8.78 Å². The van der Waals surface area contributed by atoms with E-state index in [2.05, 4.69) is 35.9 Å². The molecule has 1 saturated carbocycles. The van der Waals surface area contributed by atoms with E-state index >= 15 is 0 Å².